The third-order valence-corrected chi connectivity index (χ3v) is 4.17. The summed E-state index contributed by atoms with van der Waals surface area (Å²) in [6.07, 6.45) is 2.92. The number of hydrogen-bond donors (Lipinski definition) is 1. The number of hydrogen-bond acceptors (Lipinski definition) is 5. The highest BCUT2D eigenvalue weighted by Crippen LogP contribution is 2.18. The molecule has 0 radical (unpaired) electrons. The van der Waals surface area contributed by atoms with Crippen LogP contribution in [0.4, 0.5) is 5.69 Å². The van der Waals surface area contributed by atoms with Gasteiger partial charge in [-0.15, -0.1) is 0 Å². The van der Waals surface area contributed by atoms with Crippen LogP contribution in [0.15, 0.2) is 66.4 Å². The Hall–Kier alpha value is -4.18. The second-order valence-electron chi connectivity index (χ2n) is 6.43. The van der Waals surface area contributed by atoms with Gasteiger partial charge in [-0.3, -0.25) is 4.79 Å². The molecule has 0 fully saturated rings. The fourth-order valence-corrected chi connectivity index (χ4v) is 2.79. The smallest absolute Gasteiger partial charge is 0.359 e. The third kappa shape index (κ3) is 4.80. The minimum Gasteiger partial charge on any atom is -0.461 e. The van der Waals surface area contributed by atoms with E-state index in [1.807, 2.05) is 55.5 Å². The lowest BCUT2D eigenvalue weighted by Gasteiger charge is -2.05. The zero-order chi connectivity index (χ0) is 21.5. The number of nitriles is 1. The maximum absolute atomic E-state index is 12.6. The Morgan fingerprint density at radius 2 is 1.97 bits per heavy atom. The van der Waals surface area contributed by atoms with Gasteiger partial charge in [0.05, 0.1) is 12.3 Å². The topological polar surface area (TPSA) is 97.0 Å². The summed E-state index contributed by atoms with van der Waals surface area (Å²) in [5.41, 5.74) is 2.46. The number of nitrogens with one attached hydrogen (secondary N) is 1. The quantitative estimate of drug-likeness (QED) is 0.384. The first kappa shape index (κ1) is 20.6. The molecule has 1 aromatic heterocycles. The number of rotatable bonds is 6. The Labute approximate surface area is 174 Å². The number of aromatic nitrogens is 2. The number of amides is 1. The van der Waals surface area contributed by atoms with E-state index in [1.54, 1.807) is 25.3 Å². The first-order valence-corrected chi connectivity index (χ1v) is 9.34. The van der Waals surface area contributed by atoms with Gasteiger partial charge in [0.2, 0.25) is 0 Å². The molecule has 30 heavy (non-hydrogen) atoms. The molecule has 0 aliphatic rings. The SMILES string of the molecule is CCOC(=O)c1nn(-c2ccccc2)cc1/C=C(/C#N)C(=O)Nc1cccc(C)c1. The van der Waals surface area contributed by atoms with Crippen LogP contribution in [0.1, 0.15) is 28.5 Å². The van der Waals surface area contributed by atoms with Crippen LogP contribution in [-0.4, -0.2) is 28.3 Å². The molecule has 1 amide bonds. The lowest BCUT2D eigenvalue weighted by molar-refractivity contribution is -0.112. The largest absolute Gasteiger partial charge is 0.461 e. The Morgan fingerprint density at radius 3 is 2.63 bits per heavy atom. The summed E-state index contributed by atoms with van der Waals surface area (Å²) >= 11 is 0. The number of ether oxygens (including phenoxy) is 1. The predicted molar refractivity (Wildman–Crippen MR) is 113 cm³/mol. The van der Waals surface area contributed by atoms with E-state index in [-0.39, 0.29) is 17.9 Å². The van der Waals surface area contributed by atoms with Gasteiger partial charge in [-0.25, -0.2) is 9.48 Å². The van der Waals surface area contributed by atoms with Crippen LogP contribution in [0.25, 0.3) is 11.8 Å². The van der Waals surface area contributed by atoms with Crippen LogP contribution in [-0.2, 0) is 9.53 Å². The van der Waals surface area contributed by atoms with E-state index in [1.165, 1.54) is 10.8 Å². The van der Waals surface area contributed by atoms with E-state index in [9.17, 15) is 14.9 Å². The van der Waals surface area contributed by atoms with Gasteiger partial charge in [0, 0.05) is 17.4 Å². The highest BCUT2D eigenvalue weighted by atomic mass is 16.5. The first-order valence-electron chi connectivity index (χ1n) is 9.34. The van der Waals surface area contributed by atoms with Crippen molar-refractivity contribution >= 4 is 23.6 Å². The van der Waals surface area contributed by atoms with Gasteiger partial charge in [0.1, 0.15) is 11.6 Å². The van der Waals surface area contributed by atoms with Gasteiger partial charge in [-0.05, 0) is 49.8 Å². The van der Waals surface area contributed by atoms with Crippen molar-refractivity contribution < 1.29 is 14.3 Å². The molecule has 1 N–H and O–H groups in total. The molecule has 0 spiro atoms. The average molecular weight is 400 g/mol. The van der Waals surface area contributed by atoms with Crippen LogP contribution in [0.2, 0.25) is 0 Å². The lowest BCUT2D eigenvalue weighted by Crippen LogP contribution is -2.14. The number of nitrogens with zero attached hydrogens (tertiary/aromatic N) is 3. The zero-order valence-electron chi connectivity index (χ0n) is 16.6. The monoisotopic (exact) mass is 400 g/mol. The van der Waals surface area contributed by atoms with Gasteiger partial charge < -0.3 is 10.1 Å². The van der Waals surface area contributed by atoms with Crippen molar-refractivity contribution in [2.75, 3.05) is 11.9 Å². The minimum absolute atomic E-state index is 0.0248. The minimum atomic E-state index is -0.630. The summed E-state index contributed by atoms with van der Waals surface area (Å²) in [7, 11) is 0. The fraction of sp³-hybridized carbons (Fsp3) is 0.130. The summed E-state index contributed by atoms with van der Waals surface area (Å²) in [5.74, 6) is -1.21. The molecule has 0 atom stereocenters. The van der Waals surface area contributed by atoms with E-state index in [4.69, 9.17) is 4.74 Å². The van der Waals surface area contributed by atoms with Gasteiger partial charge in [-0.2, -0.15) is 10.4 Å². The number of benzene rings is 2. The van der Waals surface area contributed by atoms with Crippen molar-refractivity contribution in [1.82, 2.24) is 9.78 Å². The van der Waals surface area contributed by atoms with Gasteiger partial charge in [0.15, 0.2) is 5.69 Å². The van der Waals surface area contributed by atoms with Crippen LogP contribution >= 0.6 is 0 Å². The summed E-state index contributed by atoms with van der Waals surface area (Å²) in [6.45, 7) is 3.77. The van der Waals surface area contributed by atoms with Crippen LogP contribution in [0, 0.1) is 18.3 Å². The average Bonchev–Trinajstić information content (AvgIpc) is 3.17. The van der Waals surface area contributed by atoms with Gasteiger partial charge in [0.25, 0.3) is 5.91 Å². The number of carbonyl (C=O) groups is 2. The Balaban J connectivity index is 1.98. The summed E-state index contributed by atoms with van der Waals surface area (Å²) in [6, 6.07) is 18.3. The van der Waals surface area contributed by atoms with E-state index in [0.29, 0.717) is 11.3 Å². The van der Waals surface area contributed by atoms with Crippen molar-refractivity contribution in [1.29, 1.82) is 5.26 Å². The second kappa shape index (κ2) is 9.34. The first-order chi connectivity index (χ1) is 14.5. The fourth-order valence-electron chi connectivity index (χ4n) is 2.79. The molecule has 1 heterocycles. The molecule has 3 rings (SSSR count). The normalized spacial score (nSPS) is 10.9. The summed E-state index contributed by atoms with van der Waals surface area (Å²) in [5, 5.41) is 16.5. The van der Waals surface area contributed by atoms with Crippen LogP contribution in [0.3, 0.4) is 0 Å². The van der Waals surface area contributed by atoms with E-state index < -0.39 is 11.9 Å². The molecule has 3 aromatic rings. The molecule has 0 unspecified atom stereocenters. The molecule has 7 heteroatoms. The molecule has 0 saturated carbocycles. The van der Waals surface area contributed by atoms with Crippen LogP contribution < -0.4 is 5.32 Å². The number of anilines is 1. The summed E-state index contributed by atoms with van der Waals surface area (Å²) < 4.78 is 6.58. The number of carbonyl (C=O) groups excluding carboxylic acids is 2. The molecule has 150 valence electrons. The highest BCUT2D eigenvalue weighted by molar-refractivity contribution is 6.10. The Morgan fingerprint density at radius 1 is 1.20 bits per heavy atom. The maximum Gasteiger partial charge on any atom is 0.359 e. The molecular formula is C23H20N4O3. The third-order valence-electron chi connectivity index (χ3n) is 4.17. The zero-order valence-corrected chi connectivity index (χ0v) is 16.6. The van der Waals surface area contributed by atoms with Crippen molar-refractivity contribution in [2.45, 2.75) is 13.8 Å². The summed E-state index contributed by atoms with van der Waals surface area (Å²) in [4.78, 5) is 25.0. The molecule has 0 aliphatic carbocycles. The van der Waals surface area contributed by atoms with E-state index in [0.717, 1.165) is 11.3 Å². The van der Waals surface area contributed by atoms with E-state index in [2.05, 4.69) is 10.4 Å². The van der Waals surface area contributed by atoms with E-state index >= 15 is 0 Å². The second-order valence-corrected chi connectivity index (χ2v) is 6.43. The molecule has 7 nitrogen and oxygen atoms in total. The number of aryl methyl sites for hydroxylation is 1. The van der Waals surface area contributed by atoms with Crippen molar-refractivity contribution in [2.24, 2.45) is 0 Å². The van der Waals surface area contributed by atoms with Crippen molar-refractivity contribution in [3.63, 3.8) is 0 Å². The Bertz CT molecular complexity index is 1140. The van der Waals surface area contributed by atoms with Gasteiger partial charge in [-0.1, -0.05) is 30.3 Å². The van der Waals surface area contributed by atoms with Crippen molar-refractivity contribution in [3.05, 3.63) is 83.2 Å². The molecule has 0 saturated heterocycles. The highest BCUT2D eigenvalue weighted by Gasteiger charge is 2.19. The van der Waals surface area contributed by atoms with Crippen molar-refractivity contribution in [3.8, 4) is 11.8 Å². The number of esters is 1. The van der Waals surface area contributed by atoms with Crippen LogP contribution in [0.5, 0.6) is 0 Å². The molecule has 0 aliphatic heterocycles. The maximum atomic E-state index is 12.6. The Kier molecular flexibility index (Phi) is 6.40. The number of para-hydroxylation sites is 1. The molecular weight excluding hydrogens is 380 g/mol. The standard InChI is InChI=1S/C23H20N4O3/c1-3-30-23(29)21-18(15-27(26-21)20-10-5-4-6-11-20)13-17(14-24)22(28)25-19-9-7-8-16(2)12-19/h4-13,15H,3H2,1-2H3,(H,25,28)/b17-13-. The van der Waals surface area contributed by atoms with Gasteiger partial charge >= 0.3 is 5.97 Å². The lowest BCUT2D eigenvalue weighted by atomic mass is 10.1. The molecule has 0 bridgehead atoms. The molecule has 2 aromatic carbocycles. The predicted octanol–water partition coefficient (Wildman–Crippen LogP) is 3.90.